The number of carbonyl (C=O) groups excluding carboxylic acids is 2. The zero-order valence-electron chi connectivity index (χ0n) is 18.5. The van der Waals surface area contributed by atoms with E-state index in [1.807, 2.05) is 61.5 Å². The highest BCUT2D eigenvalue weighted by Crippen LogP contribution is 2.37. The highest BCUT2D eigenvalue weighted by molar-refractivity contribution is 5.82. The maximum absolute atomic E-state index is 12.9. The Morgan fingerprint density at radius 2 is 1.65 bits per heavy atom. The molecule has 2 aromatic rings. The van der Waals surface area contributed by atoms with Crippen molar-refractivity contribution in [3.8, 4) is 11.5 Å². The number of hydrogen-bond acceptors (Lipinski definition) is 5. The van der Waals surface area contributed by atoms with Crippen LogP contribution in [0.4, 0.5) is 0 Å². The standard InChI is InChI=1S/C25H31NO5/c1-4-30-24(28)25(18-20-10-12-21(29-3)13-11-20)14-16-26(17-15-25)23(27)19(2)31-22-8-6-5-7-9-22/h5-13,19H,4,14-18H2,1-3H3. The van der Waals surface area contributed by atoms with E-state index in [0.717, 1.165) is 11.3 Å². The number of methoxy groups -OCH3 is 1. The predicted octanol–water partition coefficient (Wildman–Crippen LogP) is 3.88. The van der Waals surface area contributed by atoms with E-state index in [9.17, 15) is 9.59 Å². The first kappa shape index (κ1) is 22.7. The minimum Gasteiger partial charge on any atom is -0.497 e. The Kier molecular flexibility index (Phi) is 7.55. The predicted molar refractivity (Wildman–Crippen MR) is 118 cm³/mol. The molecule has 0 N–H and O–H groups in total. The summed E-state index contributed by atoms with van der Waals surface area (Å²) in [5, 5.41) is 0. The average molecular weight is 426 g/mol. The van der Waals surface area contributed by atoms with Gasteiger partial charge in [0, 0.05) is 13.1 Å². The summed E-state index contributed by atoms with van der Waals surface area (Å²) >= 11 is 0. The number of amides is 1. The zero-order valence-corrected chi connectivity index (χ0v) is 18.5. The van der Waals surface area contributed by atoms with Crippen molar-refractivity contribution in [2.45, 2.75) is 39.2 Å². The fourth-order valence-electron chi connectivity index (χ4n) is 4.04. The van der Waals surface area contributed by atoms with E-state index in [1.165, 1.54) is 0 Å². The minimum atomic E-state index is -0.634. The molecule has 0 spiro atoms. The summed E-state index contributed by atoms with van der Waals surface area (Å²) in [4.78, 5) is 27.6. The monoisotopic (exact) mass is 425 g/mol. The molecule has 6 heteroatoms. The lowest BCUT2D eigenvalue weighted by Crippen LogP contribution is -2.51. The fourth-order valence-corrected chi connectivity index (χ4v) is 4.04. The van der Waals surface area contributed by atoms with Crippen LogP contribution in [0, 0.1) is 5.41 Å². The van der Waals surface area contributed by atoms with Gasteiger partial charge in [-0.2, -0.15) is 0 Å². The van der Waals surface area contributed by atoms with Gasteiger partial charge in [-0.3, -0.25) is 9.59 Å². The second-order valence-electron chi connectivity index (χ2n) is 7.92. The van der Waals surface area contributed by atoms with E-state index >= 15 is 0 Å². The normalized spacial score (nSPS) is 16.3. The minimum absolute atomic E-state index is 0.0641. The van der Waals surface area contributed by atoms with E-state index < -0.39 is 11.5 Å². The average Bonchev–Trinajstić information content (AvgIpc) is 2.80. The molecule has 1 atom stereocenters. The van der Waals surface area contributed by atoms with Crippen LogP contribution in [-0.2, 0) is 20.7 Å². The SMILES string of the molecule is CCOC(=O)C1(Cc2ccc(OC)cc2)CCN(C(=O)C(C)Oc2ccccc2)CC1. The van der Waals surface area contributed by atoms with Gasteiger partial charge in [-0.15, -0.1) is 0 Å². The molecule has 0 saturated carbocycles. The number of piperidine rings is 1. The maximum Gasteiger partial charge on any atom is 0.312 e. The van der Waals surface area contributed by atoms with E-state index in [4.69, 9.17) is 14.2 Å². The highest BCUT2D eigenvalue weighted by Gasteiger charge is 2.44. The van der Waals surface area contributed by atoms with Crippen molar-refractivity contribution >= 4 is 11.9 Å². The largest absolute Gasteiger partial charge is 0.497 e. The molecular weight excluding hydrogens is 394 g/mol. The molecule has 166 valence electrons. The van der Waals surface area contributed by atoms with E-state index in [2.05, 4.69) is 0 Å². The Morgan fingerprint density at radius 3 is 2.23 bits per heavy atom. The summed E-state index contributed by atoms with van der Waals surface area (Å²) in [5.74, 6) is 1.19. The Labute approximate surface area is 184 Å². The number of para-hydroxylation sites is 1. The van der Waals surface area contributed by atoms with E-state index in [-0.39, 0.29) is 11.9 Å². The molecule has 31 heavy (non-hydrogen) atoms. The molecule has 0 aromatic heterocycles. The molecule has 1 unspecified atom stereocenters. The van der Waals surface area contributed by atoms with Crippen LogP contribution in [-0.4, -0.2) is 49.7 Å². The summed E-state index contributed by atoms with van der Waals surface area (Å²) in [6.07, 6.45) is 1.11. The van der Waals surface area contributed by atoms with Gasteiger partial charge in [0.05, 0.1) is 19.1 Å². The smallest absolute Gasteiger partial charge is 0.312 e. The van der Waals surface area contributed by atoms with Gasteiger partial charge < -0.3 is 19.1 Å². The second-order valence-corrected chi connectivity index (χ2v) is 7.92. The van der Waals surface area contributed by atoms with Crippen molar-refractivity contribution in [1.29, 1.82) is 0 Å². The molecule has 6 nitrogen and oxygen atoms in total. The Hall–Kier alpha value is -3.02. The van der Waals surface area contributed by atoms with Crippen LogP contribution in [0.1, 0.15) is 32.3 Å². The van der Waals surface area contributed by atoms with Crippen LogP contribution in [0.25, 0.3) is 0 Å². The first-order valence-electron chi connectivity index (χ1n) is 10.8. The fraction of sp³-hybridized carbons (Fsp3) is 0.440. The van der Waals surface area contributed by atoms with Crippen LogP contribution >= 0.6 is 0 Å². The van der Waals surface area contributed by atoms with Crippen LogP contribution in [0.15, 0.2) is 54.6 Å². The van der Waals surface area contributed by atoms with Gasteiger partial charge in [0.25, 0.3) is 5.91 Å². The van der Waals surface area contributed by atoms with Gasteiger partial charge in [0.1, 0.15) is 11.5 Å². The van der Waals surface area contributed by atoms with E-state index in [1.54, 1.807) is 18.9 Å². The molecule has 0 radical (unpaired) electrons. The van der Waals surface area contributed by atoms with Crippen molar-refractivity contribution < 1.29 is 23.8 Å². The van der Waals surface area contributed by atoms with Crippen LogP contribution in [0.5, 0.6) is 11.5 Å². The van der Waals surface area contributed by atoms with E-state index in [0.29, 0.717) is 44.7 Å². The summed E-state index contributed by atoms with van der Waals surface area (Å²) < 4.78 is 16.5. The number of benzene rings is 2. The summed E-state index contributed by atoms with van der Waals surface area (Å²) in [6.45, 7) is 4.92. The van der Waals surface area contributed by atoms with Gasteiger partial charge in [0.15, 0.2) is 6.10 Å². The van der Waals surface area contributed by atoms with Crippen molar-refractivity contribution in [2.24, 2.45) is 5.41 Å². The van der Waals surface area contributed by atoms with Crippen LogP contribution in [0.3, 0.4) is 0 Å². The summed E-state index contributed by atoms with van der Waals surface area (Å²) in [5.41, 5.74) is 0.416. The number of carbonyl (C=O) groups is 2. The number of rotatable bonds is 8. The van der Waals surface area contributed by atoms with Crippen molar-refractivity contribution in [3.05, 3.63) is 60.2 Å². The molecule has 2 aromatic carbocycles. The molecule has 1 amide bonds. The lowest BCUT2D eigenvalue weighted by atomic mass is 9.73. The summed E-state index contributed by atoms with van der Waals surface area (Å²) in [6, 6.07) is 17.1. The lowest BCUT2D eigenvalue weighted by Gasteiger charge is -2.40. The number of esters is 1. The third-order valence-electron chi connectivity index (χ3n) is 5.85. The second kappa shape index (κ2) is 10.3. The number of nitrogens with zero attached hydrogens (tertiary/aromatic N) is 1. The molecule has 1 aliphatic rings. The molecule has 3 rings (SSSR count). The van der Waals surface area contributed by atoms with Gasteiger partial charge in [-0.05, 0) is 62.9 Å². The van der Waals surface area contributed by atoms with Gasteiger partial charge in [-0.1, -0.05) is 30.3 Å². The van der Waals surface area contributed by atoms with Crippen LogP contribution < -0.4 is 9.47 Å². The third-order valence-corrected chi connectivity index (χ3v) is 5.85. The maximum atomic E-state index is 12.9. The van der Waals surface area contributed by atoms with Crippen molar-refractivity contribution in [2.75, 3.05) is 26.8 Å². The lowest BCUT2D eigenvalue weighted by molar-refractivity contribution is -0.161. The van der Waals surface area contributed by atoms with Gasteiger partial charge in [0.2, 0.25) is 0 Å². The highest BCUT2D eigenvalue weighted by atomic mass is 16.5. The topological polar surface area (TPSA) is 65.1 Å². The molecule has 1 fully saturated rings. The quantitative estimate of drug-likeness (QED) is 0.601. The van der Waals surface area contributed by atoms with Crippen molar-refractivity contribution in [1.82, 2.24) is 4.90 Å². The van der Waals surface area contributed by atoms with Crippen molar-refractivity contribution in [3.63, 3.8) is 0 Å². The first-order chi connectivity index (χ1) is 15.0. The van der Waals surface area contributed by atoms with Crippen LogP contribution in [0.2, 0.25) is 0 Å². The zero-order chi connectivity index (χ0) is 22.3. The summed E-state index contributed by atoms with van der Waals surface area (Å²) in [7, 11) is 1.63. The first-order valence-corrected chi connectivity index (χ1v) is 10.8. The van der Waals surface area contributed by atoms with Gasteiger partial charge >= 0.3 is 5.97 Å². The molecule has 0 aliphatic carbocycles. The number of ether oxygens (including phenoxy) is 3. The Morgan fingerprint density at radius 1 is 1.00 bits per heavy atom. The Balaban J connectivity index is 1.67. The number of likely N-dealkylation sites (tertiary alicyclic amines) is 1. The third kappa shape index (κ3) is 5.57. The molecule has 1 aliphatic heterocycles. The molecule has 1 heterocycles. The van der Waals surface area contributed by atoms with Gasteiger partial charge in [-0.25, -0.2) is 0 Å². The number of hydrogen-bond donors (Lipinski definition) is 0. The molecule has 1 saturated heterocycles. The molecular formula is C25H31NO5. The Bertz CT molecular complexity index is 857. The molecule has 0 bridgehead atoms.